The lowest BCUT2D eigenvalue weighted by Crippen LogP contribution is -2.22. The number of hydrogen-bond donors (Lipinski definition) is 0. The van der Waals surface area contributed by atoms with E-state index < -0.39 is 0 Å². The lowest BCUT2D eigenvalue weighted by molar-refractivity contribution is 0.714. The molecular formula is C54H36N2S. The maximum absolute atomic E-state index is 5.26. The Kier molecular flexibility index (Phi) is 7.84. The van der Waals surface area contributed by atoms with E-state index in [0.29, 0.717) is 5.82 Å². The molecule has 1 aliphatic carbocycles. The first-order chi connectivity index (χ1) is 28.1. The van der Waals surface area contributed by atoms with Crippen LogP contribution in [0.2, 0.25) is 0 Å². The van der Waals surface area contributed by atoms with Gasteiger partial charge in [-0.05, 0) is 93.4 Å². The fourth-order valence-electron chi connectivity index (χ4n) is 8.92. The van der Waals surface area contributed by atoms with Crippen molar-refractivity contribution < 1.29 is 0 Å². The molecule has 0 saturated carbocycles. The van der Waals surface area contributed by atoms with Gasteiger partial charge in [0, 0.05) is 42.3 Å². The van der Waals surface area contributed by atoms with Crippen LogP contribution in [0.15, 0.2) is 200 Å². The van der Waals surface area contributed by atoms with Crippen molar-refractivity contribution in [3.8, 4) is 67.3 Å². The van der Waals surface area contributed by atoms with E-state index in [1.54, 1.807) is 0 Å². The van der Waals surface area contributed by atoms with Gasteiger partial charge in [0.05, 0.1) is 11.4 Å². The molecule has 1 atom stereocenters. The van der Waals surface area contributed by atoms with Crippen molar-refractivity contribution in [3.63, 3.8) is 0 Å². The van der Waals surface area contributed by atoms with Crippen molar-refractivity contribution in [3.05, 3.63) is 217 Å². The molecule has 3 heteroatoms. The molecular weight excluding hydrogens is 709 g/mol. The molecule has 0 saturated heterocycles. The largest absolute Gasteiger partial charge is 0.228 e. The monoisotopic (exact) mass is 744 g/mol. The molecule has 2 aromatic heterocycles. The van der Waals surface area contributed by atoms with Gasteiger partial charge >= 0.3 is 0 Å². The van der Waals surface area contributed by atoms with Gasteiger partial charge < -0.3 is 0 Å². The van der Waals surface area contributed by atoms with Gasteiger partial charge in [-0.15, -0.1) is 11.3 Å². The number of fused-ring (bicyclic) bond motifs is 6. The van der Waals surface area contributed by atoms with E-state index in [9.17, 15) is 0 Å². The number of nitrogens with zero attached hydrogens (tertiary/aromatic N) is 2. The van der Waals surface area contributed by atoms with Crippen LogP contribution >= 0.6 is 11.3 Å². The molecule has 0 aliphatic heterocycles. The lowest BCUT2D eigenvalue weighted by Gasteiger charge is -2.28. The second-order valence-corrected chi connectivity index (χ2v) is 16.1. The summed E-state index contributed by atoms with van der Waals surface area (Å²) in [6.45, 7) is 2.36. The van der Waals surface area contributed by atoms with Gasteiger partial charge in [-0.2, -0.15) is 0 Å². The zero-order chi connectivity index (χ0) is 37.9. The minimum Gasteiger partial charge on any atom is -0.228 e. The third-order valence-corrected chi connectivity index (χ3v) is 13.0. The molecule has 0 N–H and O–H groups in total. The second kappa shape index (κ2) is 13.4. The van der Waals surface area contributed by atoms with Gasteiger partial charge in [0.2, 0.25) is 0 Å². The lowest BCUT2D eigenvalue weighted by atomic mass is 9.74. The van der Waals surface area contributed by atoms with Gasteiger partial charge in [0.15, 0.2) is 5.82 Å². The minimum atomic E-state index is -0.301. The van der Waals surface area contributed by atoms with Crippen LogP contribution in [0, 0.1) is 0 Å². The maximum atomic E-state index is 5.26. The molecule has 1 unspecified atom stereocenters. The minimum absolute atomic E-state index is 0.301. The van der Waals surface area contributed by atoms with Crippen LogP contribution in [-0.2, 0) is 5.41 Å². The summed E-state index contributed by atoms with van der Waals surface area (Å²) in [4.78, 5) is 10.5. The number of aromatic nitrogens is 2. The Balaban J connectivity index is 1.04. The standard InChI is InChI=1S/C54H36N2S/c1-54(40-19-6-3-7-20-40)47-25-12-10-23-43(47)44-29-27-39(33-48(44)54)50-34-49(55-53(56-50)35-15-4-2-5-16-35)38-18-14-17-36(31-38)41-21-8-9-22-42(41)37-28-30-52-46(32-37)45-24-11-13-26-51(45)57-52/h2-34H,1H3. The summed E-state index contributed by atoms with van der Waals surface area (Å²) in [7, 11) is 0. The summed E-state index contributed by atoms with van der Waals surface area (Å²) in [6.07, 6.45) is 0. The Labute approximate surface area is 336 Å². The Morgan fingerprint density at radius 2 is 0.930 bits per heavy atom. The summed E-state index contributed by atoms with van der Waals surface area (Å²) >= 11 is 1.85. The molecule has 2 nitrogen and oxygen atoms in total. The summed E-state index contributed by atoms with van der Waals surface area (Å²) in [5.41, 5.74) is 15.8. The van der Waals surface area contributed by atoms with Crippen LogP contribution in [0.1, 0.15) is 23.6 Å². The third kappa shape index (κ3) is 5.54. The van der Waals surface area contributed by atoms with E-state index in [2.05, 4.69) is 201 Å². The van der Waals surface area contributed by atoms with Crippen LogP contribution < -0.4 is 0 Å². The highest BCUT2D eigenvalue weighted by atomic mass is 32.1. The molecule has 0 bridgehead atoms. The van der Waals surface area contributed by atoms with E-state index in [4.69, 9.17) is 9.97 Å². The molecule has 2 heterocycles. The molecule has 10 aromatic rings. The normalized spacial score (nSPS) is 14.5. The fourth-order valence-corrected chi connectivity index (χ4v) is 10.0. The highest BCUT2D eigenvalue weighted by molar-refractivity contribution is 7.25. The third-order valence-electron chi connectivity index (χ3n) is 11.8. The average molecular weight is 745 g/mol. The van der Waals surface area contributed by atoms with Crippen molar-refractivity contribution >= 4 is 31.5 Å². The van der Waals surface area contributed by atoms with Gasteiger partial charge in [-0.25, -0.2) is 9.97 Å². The molecule has 8 aromatic carbocycles. The topological polar surface area (TPSA) is 25.8 Å². The molecule has 268 valence electrons. The van der Waals surface area contributed by atoms with Crippen LogP contribution in [0.5, 0.6) is 0 Å². The molecule has 0 amide bonds. The fraction of sp³-hybridized carbons (Fsp3) is 0.0370. The SMILES string of the molecule is CC1(c2ccccc2)c2ccccc2-c2ccc(-c3cc(-c4cccc(-c5ccccc5-c5ccc6sc7ccccc7c6c5)c4)nc(-c4ccccc4)n3)cc21. The number of thiophene rings is 1. The summed E-state index contributed by atoms with van der Waals surface area (Å²) in [6, 6.07) is 72.3. The summed E-state index contributed by atoms with van der Waals surface area (Å²) < 4.78 is 2.63. The zero-order valence-corrected chi connectivity index (χ0v) is 32.2. The first kappa shape index (κ1) is 33.4. The molecule has 57 heavy (non-hydrogen) atoms. The smallest absolute Gasteiger partial charge is 0.160 e. The van der Waals surface area contributed by atoms with Crippen molar-refractivity contribution in [2.75, 3.05) is 0 Å². The summed E-state index contributed by atoms with van der Waals surface area (Å²) in [5, 5.41) is 2.61. The molecule has 0 spiro atoms. The predicted octanol–water partition coefficient (Wildman–Crippen LogP) is 14.5. The van der Waals surface area contributed by atoms with Crippen molar-refractivity contribution in [1.82, 2.24) is 9.97 Å². The highest BCUT2D eigenvalue weighted by Gasteiger charge is 2.40. The van der Waals surface area contributed by atoms with Gasteiger partial charge in [0.25, 0.3) is 0 Å². The average Bonchev–Trinajstić information content (AvgIpc) is 3.79. The van der Waals surface area contributed by atoms with Crippen molar-refractivity contribution in [1.29, 1.82) is 0 Å². The number of hydrogen-bond acceptors (Lipinski definition) is 3. The predicted molar refractivity (Wildman–Crippen MR) is 240 cm³/mol. The van der Waals surface area contributed by atoms with Gasteiger partial charge in [0.1, 0.15) is 0 Å². The van der Waals surface area contributed by atoms with E-state index in [-0.39, 0.29) is 5.41 Å². The van der Waals surface area contributed by atoms with Gasteiger partial charge in [-0.1, -0.05) is 164 Å². The maximum Gasteiger partial charge on any atom is 0.160 e. The molecule has 0 radical (unpaired) electrons. The Morgan fingerprint density at radius 1 is 0.368 bits per heavy atom. The summed E-state index contributed by atoms with van der Waals surface area (Å²) in [5.74, 6) is 0.708. The van der Waals surface area contributed by atoms with E-state index in [0.717, 1.165) is 33.6 Å². The second-order valence-electron chi connectivity index (χ2n) is 15.1. The Morgan fingerprint density at radius 3 is 1.72 bits per heavy atom. The van der Waals surface area contributed by atoms with Crippen LogP contribution in [0.4, 0.5) is 0 Å². The zero-order valence-electron chi connectivity index (χ0n) is 31.4. The van der Waals surface area contributed by atoms with E-state index in [1.165, 1.54) is 64.7 Å². The first-order valence-electron chi connectivity index (χ1n) is 19.5. The van der Waals surface area contributed by atoms with E-state index >= 15 is 0 Å². The molecule has 11 rings (SSSR count). The number of benzene rings is 8. The van der Waals surface area contributed by atoms with Crippen molar-refractivity contribution in [2.24, 2.45) is 0 Å². The first-order valence-corrected chi connectivity index (χ1v) is 20.3. The van der Waals surface area contributed by atoms with E-state index in [1.807, 2.05) is 17.4 Å². The molecule has 1 aliphatic rings. The van der Waals surface area contributed by atoms with Crippen molar-refractivity contribution in [2.45, 2.75) is 12.3 Å². The quantitative estimate of drug-likeness (QED) is 0.169. The van der Waals surface area contributed by atoms with Crippen LogP contribution in [-0.4, -0.2) is 9.97 Å². The van der Waals surface area contributed by atoms with Gasteiger partial charge in [-0.3, -0.25) is 0 Å². The number of rotatable bonds is 6. The molecule has 0 fully saturated rings. The van der Waals surface area contributed by atoms with Crippen LogP contribution in [0.3, 0.4) is 0 Å². The van der Waals surface area contributed by atoms with Crippen LogP contribution in [0.25, 0.3) is 87.5 Å². The Hall–Kier alpha value is -6.94. The Bertz CT molecular complexity index is 3140. The highest BCUT2D eigenvalue weighted by Crippen LogP contribution is 2.53.